The van der Waals surface area contributed by atoms with Crippen LogP contribution in [0.5, 0.6) is 0 Å². The van der Waals surface area contributed by atoms with E-state index < -0.39 is 0 Å². The second-order valence-corrected chi connectivity index (χ2v) is 5.06. The van der Waals surface area contributed by atoms with E-state index in [2.05, 4.69) is 24.3 Å². The van der Waals surface area contributed by atoms with Crippen LogP contribution >= 0.6 is 24.8 Å². The fraction of sp³-hybridized carbons (Fsp3) is 0.917. The number of hydrogen-bond acceptors (Lipinski definition) is 3. The van der Waals surface area contributed by atoms with E-state index in [0.717, 1.165) is 6.54 Å². The highest BCUT2D eigenvalue weighted by Gasteiger charge is 2.36. The summed E-state index contributed by atoms with van der Waals surface area (Å²) in [6.07, 6.45) is 5.55. The smallest absolute Gasteiger partial charge is 0.236 e. The van der Waals surface area contributed by atoms with Crippen molar-refractivity contribution in [3.63, 3.8) is 0 Å². The summed E-state index contributed by atoms with van der Waals surface area (Å²) < 4.78 is 0. The zero-order chi connectivity index (χ0) is 12.2. The van der Waals surface area contributed by atoms with E-state index in [1.54, 1.807) is 0 Å². The molecule has 0 aromatic heterocycles. The summed E-state index contributed by atoms with van der Waals surface area (Å²) in [5, 5.41) is 2.99. The van der Waals surface area contributed by atoms with Crippen LogP contribution in [0.4, 0.5) is 0 Å². The fourth-order valence-corrected chi connectivity index (χ4v) is 2.38. The van der Waals surface area contributed by atoms with Crippen LogP contribution in [-0.4, -0.2) is 43.0 Å². The molecule has 18 heavy (non-hydrogen) atoms. The quantitative estimate of drug-likeness (QED) is 0.810. The number of rotatable bonds is 5. The molecule has 0 saturated heterocycles. The molecule has 0 heterocycles. The highest BCUT2D eigenvalue weighted by Crippen LogP contribution is 2.33. The molecule has 3 N–H and O–H groups in total. The second-order valence-electron chi connectivity index (χ2n) is 5.06. The summed E-state index contributed by atoms with van der Waals surface area (Å²) in [6.45, 7) is 2.66. The Kier molecular flexibility index (Phi) is 10.1. The molecule has 1 aliphatic carbocycles. The van der Waals surface area contributed by atoms with Crippen molar-refractivity contribution in [2.24, 2.45) is 5.73 Å². The first-order chi connectivity index (χ1) is 7.52. The Labute approximate surface area is 123 Å². The van der Waals surface area contributed by atoms with Crippen LogP contribution in [0, 0.1) is 0 Å². The van der Waals surface area contributed by atoms with E-state index in [9.17, 15) is 4.79 Å². The lowest BCUT2D eigenvalue weighted by Gasteiger charge is -2.36. The number of amides is 1. The van der Waals surface area contributed by atoms with Gasteiger partial charge in [-0.15, -0.1) is 24.8 Å². The summed E-state index contributed by atoms with van der Waals surface area (Å²) in [6, 6.07) is -0.361. The Balaban J connectivity index is 0. The first-order valence-electron chi connectivity index (χ1n) is 6.22. The second kappa shape index (κ2) is 8.97. The number of likely N-dealkylation sites (N-methyl/N-ethyl adjacent to an activating group) is 1. The normalized spacial score (nSPS) is 18.7. The minimum Gasteiger partial charge on any atom is -0.353 e. The summed E-state index contributed by atoms with van der Waals surface area (Å²) in [5.74, 6) is -0.0179. The molecule has 110 valence electrons. The van der Waals surface area contributed by atoms with Crippen molar-refractivity contribution in [3.05, 3.63) is 0 Å². The van der Waals surface area contributed by atoms with Gasteiger partial charge in [0.25, 0.3) is 0 Å². The minimum absolute atomic E-state index is 0. The highest BCUT2D eigenvalue weighted by atomic mass is 35.5. The lowest BCUT2D eigenvalue weighted by molar-refractivity contribution is -0.123. The molecule has 0 bridgehead atoms. The maximum absolute atomic E-state index is 11.6. The van der Waals surface area contributed by atoms with Gasteiger partial charge in [0.1, 0.15) is 0 Å². The van der Waals surface area contributed by atoms with Gasteiger partial charge >= 0.3 is 0 Å². The van der Waals surface area contributed by atoms with E-state index in [1.165, 1.54) is 25.7 Å². The van der Waals surface area contributed by atoms with Gasteiger partial charge in [0.2, 0.25) is 5.91 Å². The molecule has 0 unspecified atom stereocenters. The first-order valence-corrected chi connectivity index (χ1v) is 6.22. The molecule has 4 nitrogen and oxygen atoms in total. The van der Waals surface area contributed by atoms with Crippen LogP contribution in [0.3, 0.4) is 0 Å². The topological polar surface area (TPSA) is 58.4 Å². The van der Waals surface area contributed by atoms with Crippen molar-refractivity contribution in [3.8, 4) is 0 Å². The van der Waals surface area contributed by atoms with Gasteiger partial charge in [-0.3, -0.25) is 4.79 Å². The van der Waals surface area contributed by atoms with Crippen LogP contribution in [0.1, 0.15) is 39.0 Å². The summed E-state index contributed by atoms with van der Waals surface area (Å²) >= 11 is 0. The molecule has 6 heteroatoms. The van der Waals surface area contributed by atoms with Gasteiger partial charge in [-0.1, -0.05) is 19.8 Å². The van der Waals surface area contributed by atoms with Crippen molar-refractivity contribution in [2.75, 3.05) is 20.6 Å². The van der Waals surface area contributed by atoms with Crippen LogP contribution in [0.2, 0.25) is 0 Å². The van der Waals surface area contributed by atoms with Gasteiger partial charge in [-0.2, -0.15) is 0 Å². The molecule has 1 rings (SSSR count). The van der Waals surface area contributed by atoms with Crippen LogP contribution in [-0.2, 0) is 4.79 Å². The Morgan fingerprint density at radius 2 is 1.83 bits per heavy atom. The van der Waals surface area contributed by atoms with Gasteiger partial charge in [-0.25, -0.2) is 0 Å². The van der Waals surface area contributed by atoms with E-state index in [1.807, 2.05) is 6.92 Å². The number of carbonyl (C=O) groups excluding carboxylic acids is 1. The molecule has 1 amide bonds. The van der Waals surface area contributed by atoms with E-state index in [0.29, 0.717) is 6.42 Å². The van der Waals surface area contributed by atoms with Crippen LogP contribution < -0.4 is 11.1 Å². The van der Waals surface area contributed by atoms with Crippen LogP contribution in [0.25, 0.3) is 0 Å². The Morgan fingerprint density at radius 3 is 2.22 bits per heavy atom. The van der Waals surface area contributed by atoms with Gasteiger partial charge in [0.05, 0.1) is 6.04 Å². The number of halogens is 2. The van der Waals surface area contributed by atoms with Gasteiger partial charge in [-0.05, 0) is 33.4 Å². The molecule has 0 aliphatic heterocycles. The lowest BCUT2D eigenvalue weighted by Crippen LogP contribution is -2.53. The zero-order valence-electron chi connectivity index (χ0n) is 11.6. The molecule has 1 aliphatic rings. The molecule has 0 aromatic rings. The standard InChI is InChI=1S/C12H25N3O.2ClH/c1-4-10(13)11(16)14-9-12(15(2)3)7-5-6-8-12;;/h10H,4-9,13H2,1-3H3,(H,14,16);2*1H/t10-;;/m0../s1. The monoisotopic (exact) mass is 299 g/mol. The minimum atomic E-state index is -0.361. The molecule has 0 spiro atoms. The highest BCUT2D eigenvalue weighted by molar-refractivity contribution is 5.85. The number of nitrogens with two attached hydrogens (primary N) is 1. The van der Waals surface area contributed by atoms with Crippen molar-refractivity contribution in [2.45, 2.75) is 50.6 Å². The molecule has 0 radical (unpaired) electrons. The summed E-state index contributed by atoms with van der Waals surface area (Å²) in [7, 11) is 4.19. The largest absolute Gasteiger partial charge is 0.353 e. The zero-order valence-corrected chi connectivity index (χ0v) is 13.2. The van der Waals surface area contributed by atoms with Crippen molar-refractivity contribution >= 4 is 30.7 Å². The molecule has 1 saturated carbocycles. The maximum atomic E-state index is 11.6. The van der Waals surface area contributed by atoms with Crippen molar-refractivity contribution in [1.29, 1.82) is 0 Å². The van der Waals surface area contributed by atoms with E-state index in [4.69, 9.17) is 5.73 Å². The first kappa shape index (κ1) is 20.3. The molecule has 1 fully saturated rings. The summed E-state index contributed by atoms with van der Waals surface area (Å²) in [4.78, 5) is 13.9. The van der Waals surface area contributed by atoms with Crippen LogP contribution in [0.15, 0.2) is 0 Å². The van der Waals surface area contributed by atoms with E-state index >= 15 is 0 Å². The van der Waals surface area contributed by atoms with Crippen molar-refractivity contribution < 1.29 is 4.79 Å². The molecule has 1 atom stereocenters. The SMILES string of the molecule is CC[C@H](N)C(=O)NCC1(N(C)C)CCCC1.Cl.Cl. The predicted molar refractivity (Wildman–Crippen MR) is 80.7 cm³/mol. The third-order valence-corrected chi connectivity index (χ3v) is 3.85. The third-order valence-electron chi connectivity index (χ3n) is 3.85. The number of carbonyl (C=O) groups is 1. The summed E-state index contributed by atoms with van der Waals surface area (Å²) in [5.41, 5.74) is 5.85. The Bertz CT molecular complexity index is 243. The van der Waals surface area contributed by atoms with E-state index in [-0.39, 0.29) is 42.3 Å². The number of nitrogens with zero attached hydrogens (tertiary/aromatic N) is 1. The molecule has 0 aromatic carbocycles. The van der Waals surface area contributed by atoms with Gasteiger partial charge in [0.15, 0.2) is 0 Å². The average molecular weight is 300 g/mol. The molecular weight excluding hydrogens is 273 g/mol. The maximum Gasteiger partial charge on any atom is 0.236 e. The van der Waals surface area contributed by atoms with Gasteiger partial charge < -0.3 is 16.0 Å². The lowest BCUT2D eigenvalue weighted by atomic mass is 9.96. The average Bonchev–Trinajstić information content (AvgIpc) is 2.74. The van der Waals surface area contributed by atoms with Gasteiger partial charge in [0, 0.05) is 12.1 Å². The third kappa shape index (κ3) is 4.92. The molecular formula is C12H27Cl2N3O. The number of nitrogens with one attached hydrogen (secondary N) is 1. The number of hydrogen-bond donors (Lipinski definition) is 2. The fourth-order valence-electron chi connectivity index (χ4n) is 2.38. The predicted octanol–water partition coefficient (Wildman–Crippen LogP) is 1.56. The Morgan fingerprint density at radius 1 is 1.33 bits per heavy atom. The Hall–Kier alpha value is -0.0300. The van der Waals surface area contributed by atoms with Crippen molar-refractivity contribution in [1.82, 2.24) is 10.2 Å².